The predicted octanol–water partition coefficient (Wildman–Crippen LogP) is 3.54. The van der Waals surface area contributed by atoms with Crippen LogP contribution in [0.15, 0.2) is 33.7 Å². The van der Waals surface area contributed by atoms with Gasteiger partial charge in [0.2, 0.25) is 0 Å². The molecule has 4 rings (SSSR count). The van der Waals surface area contributed by atoms with Gasteiger partial charge >= 0.3 is 0 Å². The first kappa shape index (κ1) is 14.2. The smallest absolute Gasteiger partial charge is 0.155 e. The first-order chi connectivity index (χ1) is 11.2. The van der Waals surface area contributed by atoms with E-state index in [0.29, 0.717) is 0 Å². The number of fused-ring (bicyclic) bond motifs is 3. The fraction of sp³-hybridized carbons (Fsp3) is 0.368. The first-order valence-electron chi connectivity index (χ1n) is 8.33. The topological polar surface area (TPSA) is 41.6 Å². The number of benzene rings is 2. The third kappa shape index (κ3) is 2.29. The Morgan fingerprint density at radius 1 is 1.22 bits per heavy atom. The van der Waals surface area contributed by atoms with E-state index in [2.05, 4.69) is 41.9 Å². The van der Waals surface area contributed by atoms with Crippen LogP contribution in [0.25, 0.3) is 22.6 Å². The van der Waals surface area contributed by atoms with Crippen molar-refractivity contribution in [3.63, 3.8) is 0 Å². The Labute approximate surface area is 135 Å². The molecular weight excluding hydrogens is 286 g/mol. The van der Waals surface area contributed by atoms with E-state index in [0.717, 1.165) is 59.5 Å². The molecule has 0 spiro atoms. The van der Waals surface area contributed by atoms with Crippen LogP contribution in [0.1, 0.15) is 25.0 Å². The highest BCUT2D eigenvalue weighted by atomic mass is 16.3. The summed E-state index contributed by atoms with van der Waals surface area (Å²) in [4.78, 5) is 11.7. The minimum Gasteiger partial charge on any atom is -0.453 e. The summed E-state index contributed by atoms with van der Waals surface area (Å²) in [7, 11) is 0. The SMILES string of the molecule is CC/N=c1/cc2oc3cc4c(cc3nc-2cc1C)CCN4CC. The van der Waals surface area contributed by atoms with Crippen LogP contribution in [0, 0.1) is 6.92 Å². The van der Waals surface area contributed by atoms with E-state index in [9.17, 15) is 0 Å². The highest BCUT2D eigenvalue weighted by molar-refractivity contribution is 5.83. The third-order valence-corrected chi connectivity index (χ3v) is 4.60. The monoisotopic (exact) mass is 307 g/mol. The molecule has 0 N–H and O–H groups in total. The summed E-state index contributed by atoms with van der Waals surface area (Å²) in [6.07, 6.45) is 1.09. The van der Waals surface area contributed by atoms with Crippen molar-refractivity contribution >= 4 is 16.8 Å². The molecule has 2 aliphatic heterocycles. The van der Waals surface area contributed by atoms with E-state index in [1.807, 2.05) is 13.0 Å². The van der Waals surface area contributed by atoms with Crippen molar-refractivity contribution in [1.29, 1.82) is 0 Å². The number of aromatic nitrogens is 1. The largest absolute Gasteiger partial charge is 0.453 e. The van der Waals surface area contributed by atoms with Gasteiger partial charge in [-0.05, 0) is 50.5 Å². The summed E-state index contributed by atoms with van der Waals surface area (Å²) in [5, 5.41) is 0.987. The molecule has 0 unspecified atom stereocenters. The first-order valence-corrected chi connectivity index (χ1v) is 8.33. The second-order valence-electron chi connectivity index (χ2n) is 6.07. The Bertz CT molecular complexity index is 926. The molecule has 1 aromatic carbocycles. The lowest BCUT2D eigenvalue weighted by Gasteiger charge is -2.17. The number of likely N-dealkylation sites (N-methyl/N-ethyl adjacent to an activating group) is 1. The molecular formula is C19H21N3O. The third-order valence-electron chi connectivity index (χ3n) is 4.60. The fourth-order valence-electron chi connectivity index (χ4n) is 3.39. The lowest BCUT2D eigenvalue weighted by Crippen LogP contribution is -2.19. The summed E-state index contributed by atoms with van der Waals surface area (Å²) >= 11 is 0. The molecule has 0 atom stereocenters. The number of hydrogen-bond donors (Lipinski definition) is 0. The molecule has 2 heterocycles. The van der Waals surface area contributed by atoms with E-state index in [-0.39, 0.29) is 0 Å². The molecule has 4 heteroatoms. The van der Waals surface area contributed by atoms with Gasteiger partial charge in [0.05, 0.1) is 5.36 Å². The van der Waals surface area contributed by atoms with Crippen LogP contribution in [0.5, 0.6) is 0 Å². The highest BCUT2D eigenvalue weighted by Crippen LogP contribution is 2.33. The Morgan fingerprint density at radius 2 is 2.09 bits per heavy atom. The summed E-state index contributed by atoms with van der Waals surface area (Å²) in [6.45, 7) is 9.19. The van der Waals surface area contributed by atoms with Crippen LogP contribution in [0.2, 0.25) is 0 Å². The lowest BCUT2D eigenvalue weighted by molar-refractivity contribution is 0.611. The molecule has 0 fully saturated rings. The van der Waals surface area contributed by atoms with Crippen molar-refractivity contribution in [2.24, 2.45) is 4.99 Å². The van der Waals surface area contributed by atoms with Gasteiger partial charge < -0.3 is 9.32 Å². The molecule has 0 bridgehead atoms. The highest BCUT2D eigenvalue weighted by Gasteiger charge is 2.20. The van der Waals surface area contributed by atoms with Crippen molar-refractivity contribution in [1.82, 2.24) is 4.98 Å². The van der Waals surface area contributed by atoms with Crippen molar-refractivity contribution in [2.75, 3.05) is 24.5 Å². The molecule has 0 radical (unpaired) electrons. The van der Waals surface area contributed by atoms with Crippen molar-refractivity contribution in [3.8, 4) is 11.5 Å². The molecule has 0 aromatic heterocycles. The maximum Gasteiger partial charge on any atom is 0.155 e. The number of hydrogen-bond acceptors (Lipinski definition) is 4. The molecule has 3 aliphatic rings. The van der Waals surface area contributed by atoms with Crippen LogP contribution in [-0.4, -0.2) is 24.6 Å². The molecule has 1 aromatic rings. The number of anilines is 1. The summed E-state index contributed by atoms with van der Waals surface area (Å²) in [5.41, 5.74) is 6.48. The van der Waals surface area contributed by atoms with E-state index in [4.69, 9.17) is 9.40 Å². The van der Waals surface area contributed by atoms with Gasteiger partial charge in [0, 0.05) is 37.5 Å². The molecule has 0 saturated heterocycles. The normalized spacial score (nSPS) is 14.9. The quantitative estimate of drug-likeness (QED) is 0.680. The van der Waals surface area contributed by atoms with Gasteiger partial charge in [-0.1, -0.05) is 0 Å². The van der Waals surface area contributed by atoms with Crippen LogP contribution in [0.4, 0.5) is 5.69 Å². The predicted molar refractivity (Wildman–Crippen MR) is 93.1 cm³/mol. The van der Waals surface area contributed by atoms with Gasteiger partial charge in [-0.2, -0.15) is 0 Å². The number of nitrogens with zero attached hydrogens (tertiary/aromatic N) is 3. The van der Waals surface area contributed by atoms with E-state index in [1.165, 1.54) is 11.3 Å². The average Bonchev–Trinajstić information content (AvgIpc) is 2.94. The summed E-state index contributed by atoms with van der Waals surface area (Å²) < 4.78 is 6.16. The minimum atomic E-state index is 0.770. The molecule has 23 heavy (non-hydrogen) atoms. The van der Waals surface area contributed by atoms with E-state index >= 15 is 0 Å². The van der Waals surface area contributed by atoms with Crippen LogP contribution in [-0.2, 0) is 6.42 Å². The van der Waals surface area contributed by atoms with Crippen LogP contribution < -0.4 is 10.3 Å². The van der Waals surface area contributed by atoms with Gasteiger partial charge in [0.1, 0.15) is 11.2 Å². The van der Waals surface area contributed by atoms with Gasteiger partial charge in [-0.15, -0.1) is 0 Å². The van der Waals surface area contributed by atoms with E-state index < -0.39 is 0 Å². The second-order valence-corrected chi connectivity index (χ2v) is 6.07. The van der Waals surface area contributed by atoms with Gasteiger partial charge in [0.15, 0.2) is 11.3 Å². The maximum absolute atomic E-state index is 6.16. The molecule has 0 amide bonds. The molecule has 0 saturated carbocycles. The zero-order valence-electron chi connectivity index (χ0n) is 13.9. The van der Waals surface area contributed by atoms with E-state index in [1.54, 1.807) is 0 Å². The number of rotatable bonds is 2. The Balaban J connectivity index is 1.97. The van der Waals surface area contributed by atoms with Crippen LogP contribution >= 0.6 is 0 Å². The van der Waals surface area contributed by atoms with Crippen molar-refractivity contribution in [3.05, 3.63) is 40.7 Å². The Kier molecular flexibility index (Phi) is 3.33. The second kappa shape index (κ2) is 5.37. The van der Waals surface area contributed by atoms with Crippen molar-refractivity contribution in [2.45, 2.75) is 27.2 Å². The minimum absolute atomic E-state index is 0.770. The summed E-state index contributed by atoms with van der Waals surface area (Å²) in [6, 6.07) is 8.40. The van der Waals surface area contributed by atoms with Gasteiger partial charge in [-0.3, -0.25) is 4.99 Å². The Hall–Kier alpha value is -2.36. The summed E-state index contributed by atoms with van der Waals surface area (Å²) in [5.74, 6) is 0.802. The van der Waals surface area contributed by atoms with Crippen molar-refractivity contribution < 1.29 is 4.42 Å². The molecule has 4 nitrogen and oxygen atoms in total. The maximum atomic E-state index is 6.16. The Morgan fingerprint density at radius 3 is 2.87 bits per heavy atom. The number of aryl methyl sites for hydroxylation is 1. The zero-order chi connectivity index (χ0) is 16.0. The molecule has 118 valence electrons. The lowest BCUT2D eigenvalue weighted by atomic mass is 10.1. The molecule has 1 aliphatic carbocycles. The van der Waals surface area contributed by atoms with Crippen LogP contribution in [0.3, 0.4) is 0 Å². The van der Waals surface area contributed by atoms with Gasteiger partial charge in [0.25, 0.3) is 0 Å². The fourth-order valence-corrected chi connectivity index (χ4v) is 3.39. The average molecular weight is 307 g/mol. The van der Waals surface area contributed by atoms with Gasteiger partial charge in [-0.25, -0.2) is 4.98 Å². The zero-order valence-corrected chi connectivity index (χ0v) is 13.9. The standard InChI is InChI=1S/C19H21N3O/c1-4-20-14-10-18-15(8-12(14)3)21-16-9-13-6-7-22(5-2)17(13)11-19(16)23-18/h8-11H,4-7H2,1-3H3/b20-14-.